The molecule has 0 saturated heterocycles. The topological polar surface area (TPSA) is 37.8 Å². The van der Waals surface area contributed by atoms with Crippen molar-refractivity contribution in [1.82, 2.24) is 14.1 Å². The number of aromatic nitrogens is 2. The number of alkyl halides is 3. The van der Waals surface area contributed by atoms with Crippen LogP contribution in [0.1, 0.15) is 24.6 Å². The van der Waals surface area contributed by atoms with Crippen LogP contribution in [-0.4, -0.2) is 22.0 Å². The maximum Gasteiger partial charge on any atom is 0.389 e. The van der Waals surface area contributed by atoms with E-state index in [-0.39, 0.29) is 12.5 Å². The van der Waals surface area contributed by atoms with Crippen LogP contribution in [0.4, 0.5) is 13.2 Å². The minimum Gasteiger partial charge on any atom is -0.312 e. The summed E-state index contributed by atoms with van der Waals surface area (Å²) >= 11 is 0.995. The summed E-state index contributed by atoms with van der Waals surface area (Å²) in [5, 5.41) is 2.78. The monoisotopic (exact) mass is 225 g/mol. The van der Waals surface area contributed by atoms with E-state index in [9.17, 15) is 13.2 Å². The third-order valence-corrected chi connectivity index (χ3v) is 2.29. The molecule has 0 aliphatic rings. The Morgan fingerprint density at radius 2 is 2.29 bits per heavy atom. The van der Waals surface area contributed by atoms with Crippen LogP contribution in [0.25, 0.3) is 0 Å². The second kappa shape index (κ2) is 4.70. The lowest BCUT2D eigenvalue weighted by atomic mass is 10.1. The smallest absolute Gasteiger partial charge is 0.312 e. The van der Waals surface area contributed by atoms with Crippen LogP contribution in [-0.2, 0) is 0 Å². The maximum atomic E-state index is 11.9. The normalized spacial score (nSPS) is 14.3. The van der Waals surface area contributed by atoms with Crippen LogP contribution in [0, 0.1) is 0 Å². The Balaban J connectivity index is 2.49. The first-order valence-electron chi connectivity index (χ1n) is 4.04. The van der Waals surface area contributed by atoms with Crippen LogP contribution in [0.3, 0.4) is 0 Å². The van der Waals surface area contributed by atoms with Crippen molar-refractivity contribution in [3.05, 3.63) is 11.9 Å². The van der Waals surface area contributed by atoms with E-state index in [1.165, 1.54) is 6.20 Å². The average Bonchev–Trinajstić information content (AvgIpc) is 2.56. The van der Waals surface area contributed by atoms with Gasteiger partial charge in [-0.05, 0) is 13.5 Å². The molecule has 0 aliphatic heterocycles. The molecule has 1 atom stereocenters. The highest BCUT2D eigenvalue weighted by Gasteiger charge is 2.28. The molecular formula is C7H10F3N3S. The van der Waals surface area contributed by atoms with Gasteiger partial charge in [-0.3, -0.25) is 0 Å². The fourth-order valence-electron chi connectivity index (χ4n) is 1.07. The summed E-state index contributed by atoms with van der Waals surface area (Å²) in [5.74, 6) is 0. The maximum absolute atomic E-state index is 11.9. The average molecular weight is 225 g/mol. The predicted octanol–water partition coefficient (Wildman–Crippen LogP) is 2.14. The predicted molar refractivity (Wildman–Crippen MR) is 47.0 cm³/mol. The van der Waals surface area contributed by atoms with Crippen molar-refractivity contribution in [2.24, 2.45) is 0 Å². The lowest BCUT2D eigenvalue weighted by molar-refractivity contribution is -0.136. The first-order chi connectivity index (χ1) is 6.53. The molecule has 0 saturated carbocycles. The van der Waals surface area contributed by atoms with E-state index < -0.39 is 12.6 Å². The molecule has 0 aliphatic carbocycles. The summed E-state index contributed by atoms with van der Waals surface area (Å²) in [6, 6.07) is -0.365. The highest BCUT2D eigenvalue weighted by Crippen LogP contribution is 2.26. The van der Waals surface area contributed by atoms with E-state index in [4.69, 9.17) is 0 Å². The molecule has 1 rings (SSSR count). The van der Waals surface area contributed by atoms with Gasteiger partial charge in [-0.1, -0.05) is 0 Å². The number of nitrogens with one attached hydrogen (secondary N) is 1. The fourth-order valence-corrected chi connectivity index (χ4v) is 1.54. The van der Waals surface area contributed by atoms with Crippen LogP contribution in [0.15, 0.2) is 6.20 Å². The highest BCUT2D eigenvalue weighted by molar-refractivity contribution is 6.99. The summed E-state index contributed by atoms with van der Waals surface area (Å²) < 4.78 is 43.4. The molecule has 0 radical (unpaired) electrons. The van der Waals surface area contributed by atoms with Crippen molar-refractivity contribution in [2.45, 2.75) is 25.1 Å². The molecule has 14 heavy (non-hydrogen) atoms. The lowest BCUT2D eigenvalue weighted by Gasteiger charge is -2.14. The van der Waals surface area contributed by atoms with Gasteiger partial charge < -0.3 is 5.32 Å². The first-order valence-corrected chi connectivity index (χ1v) is 4.77. The lowest BCUT2D eigenvalue weighted by Crippen LogP contribution is -2.19. The Labute approximate surface area is 83.7 Å². The van der Waals surface area contributed by atoms with Gasteiger partial charge in [0.2, 0.25) is 0 Å². The Hall–Kier alpha value is -0.690. The zero-order valence-corrected chi connectivity index (χ0v) is 8.32. The highest BCUT2D eigenvalue weighted by atomic mass is 32.1. The van der Waals surface area contributed by atoms with E-state index in [2.05, 4.69) is 14.1 Å². The van der Waals surface area contributed by atoms with E-state index >= 15 is 0 Å². The zero-order chi connectivity index (χ0) is 10.6. The Kier molecular flexibility index (Phi) is 3.82. The number of hydrogen-bond acceptors (Lipinski definition) is 4. The third-order valence-electron chi connectivity index (χ3n) is 1.80. The number of rotatable bonds is 4. The summed E-state index contributed by atoms with van der Waals surface area (Å²) in [4.78, 5) is 0. The summed E-state index contributed by atoms with van der Waals surface area (Å²) in [5.41, 5.74) is 0.571. The molecule has 1 aromatic rings. The van der Waals surface area contributed by atoms with Crippen molar-refractivity contribution in [3.8, 4) is 0 Å². The molecule has 0 amide bonds. The molecule has 3 nitrogen and oxygen atoms in total. The van der Waals surface area contributed by atoms with E-state index in [1.54, 1.807) is 7.05 Å². The molecule has 1 unspecified atom stereocenters. The van der Waals surface area contributed by atoms with Crippen molar-refractivity contribution in [1.29, 1.82) is 0 Å². The van der Waals surface area contributed by atoms with Gasteiger partial charge in [0.25, 0.3) is 0 Å². The molecule has 0 fully saturated rings. The van der Waals surface area contributed by atoms with Gasteiger partial charge >= 0.3 is 6.18 Å². The number of halogens is 3. The van der Waals surface area contributed by atoms with Gasteiger partial charge in [-0.15, -0.1) is 0 Å². The quantitative estimate of drug-likeness (QED) is 0.853. The first kappa shape index (κ1) is 11.4. The molecule has 1 N–H and O–H groups in total. The minimum atomic E-state index is -4.11. The van der Waals surface area contributed by atoms with Gasteiger partial charge in [0.1, 0.15) is 0 Å². The van der Waals surface area contributed by atoms with Gasteiger partial charge in [-0.2, -0.15) is 21.9 Å². The fraction of sp³-hybridized carbons (Fsp3) is 0.714. The van der Waals surface area contributed by atoms with Gasteiger partial charge in [0, 0.05) is 6.42 Å². The standard InChI is InChI=1S/C7H10F3N3S/c1-11-5(2-3-7(8,9)10)6-4-12-14-13-6/h4-5,11H,2-3H2,1H3. The van der Waals surface area contributed by atoms with E-state index in [0.29, 0.717) is 5.69 Å². The van der Waals surface area contributed by atoms with Gasteiger partial charge in [-0.25, -0.2) is 0 Å². The van der Waals surface area contributed by atoms with E-state index in [0.717, 1.165) is 11.7 Å². The van der Waals surface area contributed by atoms with Gasteiger partial charge in [0.05, 0.1) is 29.7 Å². The number of nitrogens with zero attached hydrogens (tertiary/aromatic N) is 2. The Bertz CT molecular complexity index is 260. The van der Waals surface area contributed by atoms with E-state index in [1.807, 2.05) is 0 Å². The van der Waals surface area contributed by atoms with Crippen molar-refractivity contribution < 1.29 is 13.2 Å². The summed E-state index contributed by atoms with van der Waals surface area (Å²) in [6.07, 6.45) is -3.44. The molecule has 1 aromatic heterocycles. The van der Waals surface area contributed by atoms with Crippen molar-refractivity contribution in [2.75, 3.05) is 7.05 Å². The molecular weight excluding hydrogens is 215 g/mol. The summed E-state index contributed by atoms with van der Waals surface area (Å²) in [6.45, 7) is 0. The second-order valence-electron chi connectivity index (χ2n) is 2.83. The second-order valence-corrected chi connectivity index (χ2v) is 3.38. The summed E-state index contributed by atoms with van der Waals surface area (Å²) in [7, 11) is 1.61. The van der Waals surface area contributed by atoms with Crippen LogP contribution in [0.2, 0.25) is 0 Å². The van der Waals surface area contributed by atoms with Gasteiger partial charge in [0.15, 0.2) is 0 Å². The minimum absolute atomic E-state index is 0.00852. The molecule has 80 valence electrons. The van der Waals surface area contributed by atoms with Crippen LogP contribution < -0.4 is 5.32 Å². The largest absolute Gasteiger partial charge is 0.389 e. The van der Waals surface area contributed by atoms with Crippen LogP contribution >= 0.6 is 11.7 Å². The number of hydrogen-bond donors (Lipinski definition) is 1. The molecule has 7 heteroatoms. The molecule has 0 bridgehead atoms. The molecule has 0 spiro atoms. The molecule has 1 heterocycles. The Morgan fingerprint density at radius 1 is 1.57 bits per heavy atom. The SMILES string of the molecule is CNC(CCC(F)(F)F)c1cnsn1. The third kappa shape index (κ3) is 3.59. The van der Waals surface area contributed by atoms with Crippen molar-refractivity contribution in [3.63, 3.8) is 0 Å². The van der Waals surface area contributed by atoms with Crippen LogP contribution in [0.5, 0.6) is 0 Å². The Morgan fingerprint density at radius 3 is 2.71 bits per heavy atom. The zero-order valence-electron chi connectivity index (χ0n) is 7.51. The molecule has 0 aromatic carbocycles. The van der Waals surface area contributed by atoms with Crippen molar-refractivity contribution >= 4 is 11.7 Å².